The highest BCUT2D eigenvalue weighted by Crippen LogP contribution is 2.16. The van der Waals surface area contributed by atoms with E-state index in [2.05, 4.69) is 26.9 Å². The molecule has 1 heterocycles. The van der Waals surface area contributed by atoms with Gasteiger partial charge in [0.05, 0.1) is 6.54 Å². The largest absolute Gasteiger partial charge is 0.504 e. The van der Waals surface area contributed by atoms with Gasteiger partial charge in [0.15, 0.2) is 11.6 Å². The molecule has 0 atom stereocenters. The lowest BCUT2D eigenvalue weighted by molar-refractivity contribution is 0.475. The number of aromatic hydroxyl groups is 1. The van der Waals surface area contributed by atoms with Gasteiger partial charge < -0.3 is 10.8 Å². The van der Waals surface area contributed by atoms with E-state index in [1.165, 1.54) is 12.3 Å². The van der Waals surface area contributed by atoms with Crippen molar-refractivity contribution in [1.82, 2.24) is 4.98 Å². The van der Waals surface area contributed by atoms with Gasteiger partial charge in [-0.2, -0.15) is 0 Å². The summed E-state index contributed by atoms with van der Waals surface area (Å²) in [5.41, 5.74) is 13.8. The lowest BCUT2D eigenvalue weighted by atomic mass is 10.2. The minimum atomic E-state index is -0.111. The van der Waals surface area contributed by atoms with Crippen LogP contribution in [0.4, 0.5) is 5.82 Å². The fourth-order valence-electron chi connectivity index (χ4n) is 0.741. The average molecular weight is 189 g/mol. The zero-order valence-corrected chi connectivity index (χ0v) is 7.18. The van der Waals surface area contributed by atoms with Crippen LogP contribution in [-0.2, 0) is 0 Å². The number of azide groups is 1. The summed E-state index contributed by atoms with van der Waals surface area (Å²) in [5.74, 6) is 5.19. The Morgan fingerprint density at radius 1 is 1.71 bits per heavy atom. The number of rotatable bonds is 1. The lowest BCUT2D eigenvalue weighted by Gasteiger charge is -1.96. The maximum absolute atomic E-state index is 9.17. The smallest absolute Gasteiger partial charge is 0.165 e. The molecule has 0 aliphatic rings. The number of hydrogen-bond acceptors (Lipinski definition) is 4. The molecule has 1 rings (SSSR count). The minimum Gasteiger partial charge on any atom is -0.504 e. The van der Waals surface area contributed by atoms with Crippen LogP contribution >= 0.6 is 0 Å². The van der Waals surface area contributed by atoms with E-state index in [4.69, 9.17) is 16.4 Å². The van der Waals surface area contributed by atoms with Crippen LogP contribution in [0.15, 0.2) is 17.4 Å². The van der Waals surface area contributed by atoms with Crippen LogP contribution in [0.2, 0.25) is 0 Å². The van der Waals surface area contributed by atoms with Gasteiger partial charge in [0, 0.05) is 22.7 Å². The molecule has 6 nitrogen and oxygen atoms in total. The number of nitrogens with zero attached hydrogens (tertiary/aromatic N) is 4. The van der Waals surface area contributed by atoms with E-state index in [1.54, 1.807) is 0 Å². The molecular weight excluding hydrogens is 182 g/mol. The van der Waals surface area contributed by atoms with Gasteiger partial charge in [0.2, 0.25) is 0 Å². The zero-order valence-electron chi connectivity index (χ0n) is 7.18. The van der Waals surface area contributed by atoms with Gasteiger partial charge in [-0.3, -0.25) is 0 Å². The third kappa shape index (κ3) is 2.59. The first-order valence-corrected chi connectivity index (χ1v) is 3.68. The number of pyridine rings is 1. The maximum atomic E-state index is 9.17. The van der Waals surface area contributed by atoms with Crippen LogP contribution in [0.1, 0.15) is 5.56 Å². The number of nitrogen functional groups attached to an aromatic ring is 1. The molecule has 0 bridgehead atoms. The molecule has 0 saturated heterocycles. The summed E-state index contributed by atoms with van der Waals surface area (Å²) >= 11 is 0. The van der Waals surface area contributed by atoms with E-state index in [1.807, 2.05) is 0 Å². The third-order valence-corrected chi connectivity index (χ3v) is 1.34. The maximum Gasteiger partial charge on any atom is 0.165 e. The molecule has 0 aliphatic carbocycles. The van der Waals surface area contributed by atoms with E-state index < -0.39 is 0 Å². The SMILES string of the molecule is [N-]=[N+]=NCC#Cc1cnc(N)c(O)c1. The van der Waals surface area contributed by atoms with Gasteiger partial charge in [0.1, 0.15) is 0 Å². The Morgan fingerprint density at radius 2 is 2.50 bits per heavy atom. The Balaban J connectivity index is 2.80. The van der Waals surface area contributed by atoms with Crippen LogP contribution in [0.3, 0.4) is 0 Å². The van der Waals surface area contributed by atoms with Crippen molar-refractivity contribution in [2.24, 2.45) is 5.11 Å². The van der Waals surface area contributed by atoms with Crippen LogP contribution in [0, 0.1) is 11.8 Å². The van der Waals surface area contributed by atoms with Gasteiger partial charge >= 0.3 is 0 Å². The van der Waals surface area contributed by atoms with Crippen molar-refractivity contribution in [2.75, 3.05) is 12.3 Å². The second-order valence-corrected chi connectivity index (χ2v) is 2.32. The molecule has 0 aromatic carbocycles. The van der Waals surface area contributed by atoms with Crippen molar-refractivity contribution in [3.63, 3.8) is 0 Å². The highest BCUT2D eigenvalue weighted by Gasteiger charge is 1.96. The standard InChI is InChI=1S/C8H7N5O/c9-8-7(14)4-6(5-11-8)2-1-3-12-13-10/h4-5,14H,3H2,(H2,9,11). The summed E-state index contributed by atoms with van der Waals surface area (Å²) < 4.78 is 0. The first-order chi connectivity index (χ1) is 6.74. The fraction of sp³-hybridized carbons (Fsp3) is 0.125. The molecule has 1 aromatic heterocycles. The zero-order chi connectivity index (χ0) is 10.4. The topological polar surface area (TPSA) is 108 Å². The molecule has 3 N–H and O–H groups in total. The van der Waals surface area contributed by atoms with Crippen molar-refractivity contribution < 1.29 is 5.11 Å². The molecule has 0 unspecified atom stereocenters. The van der Waals surface area contributed by atoms with Gasteiger partial charge in [-0.25, -0.2) is 4.98 Å². The molecule has 0 spiro atoms. The Morgan fingerprint density at radius 3 is 3.14 bits per heavy atom. The number of nitrogens with two attached hydrogens (primary N) is 1. The van der Waals surface area contributed by atoms with E-state index >= 15 is 0 Å². The molecule has 0 aliphatic heterocycles. The second-order valence-electron chi connectivity index (χ2n) is 2.32. The normalized spacial score (nSPS) is 8.29. The molecular formula is C8H7N5O. The van der Waals surface area contributed by atoms with E-state index in [0.717, 1.165) is 0 Å². The molecule has 0 radical (unpaired) electrons. The van der Waals surface area contributed by atoms with Gasteiger partial charge in [-0.15, -0.1) is 0 Å². The van der Waals surface area contributed by atoms with Crippen molar-refractivity contribution in [1.29, 1.82) is 0 Å². The number of aromatic nitrogens is 1. The number of anilines is 1. The van der Waals surface area contributed by atoms with E-state index in [0.29, 0.717) is 5.56 Å². The van der Waals surface area contributed by atoms with Crippen molar-refractivity contribution in [2.45, 2.75) is 0 Å². The number of hydrogen-bond donors (Lipinski definition) is 2. The van der Waals surface area contributed by atoms with E-state index in [-0.39, 0.29) is 18.1 Å². The van der Waals surface area contributed by atoms with Crippen LogP contribution in [-0.4, -0.2) is 16.6 Å². The Kier molecular flexibility index (Phi) is 3.19. The highest BCUT2D eigenvalue weighted by atomic mass is 16.3. The monoisotopic (exact) mass is 189 g/mol. The Bertz CT molecular complexity index is 439. The molecule has 14 heavy (non-hydrogen) atoms. The Hall–Kier alpha value is -2.38. The molecule has 70 valence electrons. The second kappa shape index (κ2) is 4.60. The van der Waals surface area contributed by atoms with Crippen LogP contribution < -0.4 is 5.73 Å². The average Bonchev–Trinajstić information content (AvgIpc) is 2.18. The fourth-order valence-corrected chi connectivity index (χ4v) is 0.741. The first kappa shape index (κ1) is 9.71. The molecule has 1 aromatic rings. The predicted octanol–water partition coefficient (Wildman–Crippen LogP) is 1.03. The molecule has 0 fully saturated rings. The minimum absolute atomic E-state index is 0.0607. The molecule has 0 amide bonds. The highest BCUT2D eigenvalue weighted by molar-refractivity contribution is 5.49. The summed E-state index contributed by atoms with van der Waals surface area (Å²) in [4.78, 5) is 6.24. The summed E-state index contributed by atoms with van der Waals surface area (Å²) in [6.45, 7) is 0.0850. The van der Waals surface area contributed by atoms with E-state index in [9.17, 15) is 0 Å². The van der Waals surface area contributed by atoms with Gasteiger partial charge in [0.25, 0.3) is 0 Å². The quantitative estimate of drug-likeness (QED) is 0.298. The molecule has 6 heteroatoms. The lowest BCUT2D eigenvalue weighted by Crippen LogP contribution is -1.90. The third-order valence-electron chi connectivity index (χ3n) is 1.34. The van der Waals surface area contributed by atoms with Crippen molar-refractivity contribution in [3.8, 4) is 17.6 Å². The van der Waals surface area contributed by atoms with Gasteiger partial charge in [-0.05, 0) is 5.53 Å². The van der Waals surface area contributed by atoms with Crippen molar-refractivity contribution in [3.05, 3.63) is 28.3 Å². The summed E-state index contributed by atoms with van der Waals surface area (Å²) in [5, 5.41) is 12.4. The van der Waals surface area contributed by atoms with Crippen LogP contribution in [0.25, 0.3) is 10.4 Å². The molecule has 0 saturated carbocycles. The van der Waals surface area contributed by atoms with Crippen molar-refractivity contribution >= 4 is 5.82 Å². The van der Waals surface area contributed by atoms with Gasteiger partial charge in [-0.1, -0.05) is 17.0 Å². The Labute approximate surface area is 80.0 Å². The van der Waals surface area contributed by atoms with Crippen LogP contribution in [0.5, 0.6) is 5.75 Å². The summed E-state index contributed by atoms with van der Waals surface area (Å²) in [6.07, 6.45) is 1.43. The first-order valence-electron chi connectivity index (χ1n) is 3.68. The summed E-state index contributed by atoms with van der Waals surface area (Å²) in [7, 11) is 0. The predicted molar refractivity (Wildman–Crippen MR) is 51.2 cm³/mol. The summed E-state index contributed by atoms with van der Waals surface area (Å²) in [6, 6.07) is 1.39.